The molecular weight excluding hydrogens is 276 g/mol. The van der Waals surface area contributed by atoms with E-state index in [0.717, 1.165) is 18.1 Å². The van der Waals surface area contributed by atoms with Crippen molar-refractivity contribution >= 4 is 33.0 Å². The monoisotopic (exact) mass is 294 g/mol. The molecule has 102 valence electrons. The Morgan fingerprint density at radius 1 is 1.26 bits per heavy atom. The summed E-state index contributed by atoms with van der Waals surface area (Å²) < 4.78 is 1.31. The van der Waals surface area contributed by atoms with Gasteiger partial charge in [-0.2, -0.15) is 0 Å². The molecule has 2 nitrogen and oxygen atoms in total. The molecule has 1 aromatic carbocycles. The number of halogens is 1. The lowest BCUT2D eigenvalue weighted by Gasteiger charge is -2.26. The van der Waals surface area contributed by atoms with Crippen LogP contribution in [0.25, 0.3) is 10.1 Å². The molecule has 0 spiro atoms. The molecule has 0 saturated carbocycles. The minimum atomic E-state index is 0.877. The fraction of sp³-hybridized carbons (Fsp3) is 0.467. The maximum atomic E-state index is 6.22. The molecule has 1 N–H and O–H groups in total. The van der Waals surface area contributed by atoms with Crippen LogP contribution in [-0.2, 0) is 6.42 Å². The second-order valence-corrected chi connectivity index (χ2v) is 6.64. The van der Waals surface area contributed by atoms with Gasteiger partial charge in [-0.15, -0.1) is 11.3 Å². The Kier molecular flexibility index (Phi) is 4.38. The average Bonchev–Trinajstić information content (AvgIpc) is 2.84. The Morgan fingerprint density at radius 3 is 2.89 bits per heavy atom. The van der Waals surface area contributed by atoms with Crippen molar-refractivity contribution in [3.05, 3.63) is 34.2 Å². The van der Waals surface area contributed by atoms with Gasteiger partial charge in [0.25, 0.3) is 0 Å². The first-order chi connectivity index (χ1) is 9.33. The first-order valence-electron chi connectivity index (χ1n) is 6.93. The van der Waals surface area contributed by atoms with E-state index in [-0.39, 0.29) is 0 Å². The van der Waals surface area contributed by atoms with E-state index in [0.29, 0.717) is 0 Å². The number of hydrogen-bond donors (Lipinski definition) is 1. The summed E-state index contributed by atoms with van der Waals surface area (Å²) in [4.78, 5) is 4.01. The summed E-state index contributed by atoms with van der Waals surface area (Å²) in [5.74, 6) is 0. The highest BCUT2D eigenvalue weighted by atomic mass is 35.5. The fourth-order valence-corrected chi connectivity index (χ4v) is 4.03. The van der Waals surface area contributed by atoms with Crippen molar-refractivity contribution in [1.82, 2.24) is 10.2 Å². The standard InChI is InChI=1S/C15H19ClN2S/c16-14-4-1-5-15-13(14)11-12(19-15)3-2-8-18-9-6-17-7-10-18/h1,4-5,11,17H,2-3,6-10H2. The second kappa shape index (κ2) is 6.23. The molecule has 1 aliphatic rings. The third-order valence-corrected chi connectivity index (χ3v) is 5.16. The van der Waals surface area contributed by atoms with Gasteiger partial charge < -0.3 is 10.2 Å². The van der Waals surface area contributed by atoms with Gasteiger partial charge in [0.2, 0.25) is 0 Å². The van der Waals surface area contributed by atoms with Crippen LogP contribution in [0.3, 0.4) is 0 Å². The van der Waals surface area contributed by atoms with E-state index >= 15 is 0 Å². The van der Waals surface area contributed by atoms with Crippen LogP contribution in [0, 0.1) is 0 Å². The Bertz CT molecular complexity index is 546. The number of nitrogens with one attached hydrogen (secondary N) is 1. The molecule has 4 heteroatoms. The van der Waals surface area contributed by atoms with Crippen molar-refractivity contribution < 1.29 is 0 Å². The first kappa shape index (κ1) is 13.4. The normalized spacial score (nSPS) is 17.1. The lowest BCUT2D eigenvalue weighted by molar-refractivity contribution is 0.239. The zero-order valence-electron chi connectivity index (χ0n) is 11.0. The smallest absolute Gasteiger partial charge is 0.0492 e. The van der Waals surface area contributed by atoms with Crippen molar-refractivity contribution in [2.24, 2.45) is 0 Å². The SMILES string of the molecule is Clc1cccc2sc(CCCN3CCNCC3)cc12. The molecule has 0 unspecified atom stereocenters. The maximum Gasteiger partial charge on any atom is 0.0492 e. The molecule has 0 bridgehead atoms. The molecule has 2 heterocycles. The Labute approximate surface area is 123 Å². The van der Waals surface area contributed by atoms with E-state index in [1.807, 2.05) is 23.5 Å². The van der Waals surface area contributed by atoms with Gasteiger partial charge in [-0.1, -0.05) is 17.7 Å². The molecule has 1 fully saturated rings. The highest BCUT2D eigenvalue weighted by molar-refractivity contribution is 7.19. The topological polar surface area (TPSA) is 15.3 Å². The molecular formula is C15H19ClN2S. The van der Waals surface area contributed by atoms with Gasteiger partial charge in [0, 0.05) is 46.2 Å². The summed E-state index contributed by atoms with van der Waals surface area (Å²) in [6.07, 6.45) is 2.41. The quantitative estimate of drug-likeness (QED) is 0.930. The van der Waals surface area contributed by atoms with Gasteiger partial charge >= 0.3 is 0 Å². The van der Waals surface area contributed by atoms with E-state index in [2.05, 4.69) is 22.3 Å². The molecule has 0 radical (unpaired) electrons. The van der Waals surface area contributed by atoms with E-state index in [1.165, 1.54) is 47.4 Å². The maximum absolute atomic E-state index is 6.22. The molecule has 2 aromatic rings. The van der Waals surface area contributed by atoms with Crippen LogP contribution in [-0.4, -0.2) is 37.6 Å². The van der Waals surface area contributed by atoms with Crippen molar-refractivity contribution in [1.29, 1.82) is 0 Å². The van der Waals surface area contributed by atoms with Crippen LogP contribution in [0.4, 0.5) is 0 Å². The number of benzene rings is 1. The summed E-state index contributed by atoms with van der Waals surface area (Å²) >= 11 is 8.10. The van der Waals surface area contributed by atoms with Crippen molar-refractivity contribution in [2.45, 2.75) is 12.8 Å². The number of hydrogen-bond acceptors (Lipinski definition) is 3. The lowest BCUT2D eigenvalue weighted by atomic mass is 10.2. The number of piperazine rings is 1. The van der Waals surface area contributed by atoms with Crippen molar-refractivity contribution in [2.75, 3.05) is 32.7 Å². The predicted molar refractivity (Wildman–Crippen MR) is 84.5 cm³/mol. The number of aryl methyl sites for hydroxylation is 1. The summed E-state index contributed by atoms with van der Waals surface area (Å²) in [5.41, 5.74) is 0. The number of thiophene rings is 1. The molecule has 1 aromatic heterocycles. The summed E-state index contributed by atoms with van der Waals surface area (Å²) in [6, 6.07) is 8.43. The van der Waals surface area contributed by atoms with Crippen molar-refractivity contribution in [3.8, 4) is 0 Å². The Hall–Kier alpha value is -0.610. The predicted octanol–water partition coefficient (Wildman–Crippen LogP) is 3.39. The summed E-state index contributed by atoms with van der Waals surface area (Å²) in [6.45, 7) is 5.87. The van der Waals surface area contributed by atoms with Crippen LogP contribution in [0.2, 0.25) is 5.02 Å². The highest BCUT2D eigenvalue weighted by Gasteiger charge is 2.09. The van der Waals surface area contributed by atoms with Gasteiger partial charge in [0.15, 0.2) is 0 Å². The fourth-order valence-electron chi connectivity index (χ4n) is 2.61. The van der Waals surface area contributed by atoms with Gasteiger partial charge in [-0.25, -0.2) is 0 Å². The van der Waals surface area contributed by atoms with Crippen LogP contribution in [0.5, 0.6) is 0 Å². The van der Waals surface area contributed by atoms with Gasteiger partial charge in [-0.3, -0.25) is 0 Å². The third kappa shape index (κ3) is 3.29. The van der Waals surface area contributed by atoms with Gasteiger partial charge in [0.05, 0.1) is 0 Å². The minimum absolute atomic E-state index is 0.877. The van der Waals surface area contributed by atoms with Crippen molar-refractivity contribution in [3.63, 3.8) is 0 Å². The molecule has 19 heavy (non-hydrogen) atoms. The first-order valence-corrected chi connectivity index (χ1v) is 8.12. The summed E-state index contributed by atoms with van der Waals surface area (Å²) in [5, 5.41) is 5.48. The number of nitrogens with zero attached hydrogens (tertiary/aromatic N) is 1. The largest absolute Gasteiger partial charge is 0.314 e. The average molecular weight is 295 g/mol. The summed E-state index contributed by atoms with van der Waals surface area (Å²) in [7, 11) is 0. The molecule has 0 amide bonds. The second-order valence-electron chi connectivity index (χ2n) is 5.06. The Morgan fingerprint density at radius 2 is 2.11 bits per heavy atom. The molecule has 0 atom stereocenters. The van der Waals surface area contributed by atoms with E-state index in [1.54, 1.807) is 0 Å². The highest BCUT2D eigenvalue weighted by Crippen LogP contribution is 2.31. The van der Waals surface area contributed by atoms with Gasteiger partial charge in [0.1, 0.15) is 0 Å². The van der Waals surface area contributed by atoms with Crippen LogP contribution in [0.15, 0.2) is 24.3 Å². The lowest BCUT2D eigenvalue weighted by Crippen LogP contribution is -2.43. The molecule has 0 aliphatic carbocycles. The Balaban J connectivity index is 1.57. The minimum Gasteiger partial charge on any atom is -0.314 e. The number of fused-ring (bicyclic) bond motifs is 1. The van der Waals surface area contributed by atoms with Crippen LogP contribution in [0.1, 0.15) is 11.3 Å². The molecule has 1 aliphatic heterocycles. The zero-order valence-corrected chi connectivity index (χ0v) is 12.6. The molecule has 1 saturated heterocycles. The van der Waals surface area contributed by atoms with E-state index < -0.39 is 0 Å². The van der Waals surface area contributed by atoms with E-state index in [9.17, 15) is 0 Å². The third-order valence-electron chi connectivity index (χ3n) is 3.67. The van der Waals surface area contributed by atoms with Crippen LogP contribution < -0.4 is 5.32 Å². The number of rotatable bonds is 4. The molecule has 3 rings (SSSR count). The van der Waals surface area contributed by atoms with E-state index in [4.69, 9.17) is 11.6 Å². The van der Waals surface area contributed by atoms with Gasteiger partial charge in [-0.05, 0) is 37.6 Å². The van der Waals surface area contributed by atoms with Crippen LogP contribution >= 0.6 is 22.9 Å². The zero-order chi connectivity index (χ0) is 13.1.